The maximum atomic E-state index is 12.6. The summed E-state index contributed by atoms with van der Waals surface area (Å²) in [4.78, 5) is 19.8. The van der Waals surface area contributed by atoms with Crippen molar-refractivity contribution in [2.24, 2.45) is 0 Å². The first-order valence-electron chi connectivity index (χ1n) is 6.01. The molecule has 0 bridgehead atoms. The van der Waals surface area contributed by atoms with Gasteiger partial charge in [0.25, 0.3) is 5.91 Å². The number of aromatic nitrogens is 2. The molecule has 1 saturated heterocycles. The van der Waals surface area contributed by atoms with E-state index in [1.54, 1.807) is 0 Å². The van der Waals surface area contributed by atoms with Gasteiger partial charge in [0.15, 0.2) is 9.84 Å². The Kier molecular flexibility index (Phi) is 3.91. The van der Waals surface area contributed by atoms with Gasteiger partial charge in [-0.2, -0.15) is 13.2 Å². The van der Waals surface area contributed by atoms with Gasteiger partial charge in [-0.15, -0.1) is 0 Å². The highest BCUT2D eigenvalue weighted by Gasteiger charge is 2.36. The average Bonchev–Trinajstić information content (AvgIpc) is 2.36. The maximum absolute atomic E-state index is 12.6. The van der Waals surface area contributed by atoms with Crippen molar-refractivity contribution < 1.29 is 26.4 Å². The summed E-state index contributed by atoms with van der Waals surface area (Å²) >= 11 is 0. The Morgan fingerprint density at radius 1 is 1.24 bits per heavy atom. The predicted molar refractivity (Wildman–Crippen MR) is 66.3 cm³/mol. The van der Waals surface area contributed by atoms with Crippen LogP contribution in [-0.4, -0.2) is 53.8 Å². The highest BCUT2D eigenvalue weighted by molar-refractivity contribution is 7.91. The van der Waals surface area contributed by atoms with E-state index in [1.807, 2.05) is 0 Å². The second kappa shape index (κ2) is 5.24. The van der Waals surface area contributed by atoms with Crippen LogP contribution < -0.4 is 0 Å². The topological polar surface area (TPSA) is 80.2 Å². The van der Waals surface area contributed by atoms with E-state index in [0.717, 1.165) is 6.07 Å². The van der Waals surface area contributed by atoms with Gasteiger partial charge in [0.1, 0.15) is 5.69 Å². The van der Waals surface area contributed by atoms with Crippen LogP contribution in [0.2, 0.25) is 0 Å². The van der Waals surface area contributed by atoms with Crippen molar-refractivity contribution >= 4 is 15.7 Å². The van der Waals surface area contributed by atoms with Crippen LogP contribution in [0.4, 0.5) is 13.2 Å². The third-order valence-corrected chi connectivity index (χ3v) is 4.57. The molecule has 1 aromatic heterocycles. The fraction of sp³-hybridized carbons (Fsp3) is 0.545. The summed E-state index contributed by atoms with van der Waals surface area (Å²) < 4.78 is 60.4. The van der Waals surface area contributed by atoms with Gasteiger partial charge in [0, 0.05) is 18.8 Å². The molecule has 1 aromatic rings. The minimum absolute atomic E-state index is 0.0188. The molecule has 116 valence electrons. The van der Waals surface area contributed by atoms with E-state index in [9.17, 15) is 26.4 Å². The van der Waals surface area contributed by atoms with Crippen LogP contribution in [0, 0.1) is 6.92 Å². The van der Waals surface area contributed by atoms with Crippen LogP contribution in [0.25, 0.3) is 0 Å². The van der Waals surface area contributed by atoms with Gasteiger partial charge < -0.3 is 4.90 Å². The fourth-order valence-electron chi connectivity index (χ4n) is 1.88. The zero-order chi connectivity index (χ0) is 15.8. The summed E-state index contributed by atoms with van der Waals surface area (Å²) in [5, 5.41) is 0. The molecule has 1 aliphatic rings. The summed E-state index contributed by atoms with van der Waals surface area (Å²) in [5.74, 6) is -2.50. The lowest BCUT2D eigenvalue weighted by molar-refractivity contribution is -0.145. The molecule has 1 fully saturated rings. The van der Waals surface area contributed by atoms with E-state index in [1.165, 1.54) is 11.8 Å². The first-order chi connectivity index (χ1) is 9.58. The zero-order valence-corrected chi connectivity index (χ0v) is 11.8. The Balaban J connectivity index is 2.26. The normalized spacial score (nSPS) is 18.6. The largest absolute Gasteiger partial charge is 0.451 e. The number of aryl methyl sites for hydroxylation is 1. The average molecular weight is 323 g/mol. The summed E-state index contributed by atoms with van der Waals surface area (Å²) in [6, 6.07) is 1.15. The Bertz CT molecular complexity index is 659. The Labute approximate surface area is 118 Å². The number of nitrogens with zero attached hydrogens (tertiary/aromatic N) is 3. The summed E-state index contributed by atoms with van der Waals surface area (Å²) in [5.41, 5.74) is -0.362. The molecule has 2 rings (SSSR count). The number of carbonyl (C=O) groups excluding carboxylic acids is 1. The molecule has 0 saturated carbocycles. The number of hydrogen-bond donors (Lipinski definition) is 0. The van der Waals surface area contributed by atoms with Crippen molar-refractivity contribution in [2.45, 2.75) is 13.1 Å². The van der Waals surface area contributed by atoms with Crippen molar-refractivity contribution in [3.8, 4) is 0 Å². The first-order valence-corrected chi connectivity index (χ1v) is 7.83. The minimum Gasteiger partial charge on any atom is -0.335 e. The Morgan fingerprint density at radius 2 is 1.81 bits per heavy atom. The molecule has 6 nitrogen and oxygen atoms in total. The van der Waals surface area contributed by atoms with E-state index in [4.69, 9.17) is 0 Å². The number of alkyl halides is 3. The number of hydrogen-bond acceptors (Lipinski definition) is 5. The van der Waals surface area contributed by atoms with Crippen LogP contribution in [-0.2, 0) is 16.0 Å². The lowest BCUT2D eigenvalue weighted by atomic mass is 10.3. The van der Waals surface area contributed by atoms with Gasteiger partial charge in [-0.25, -0.2) is 18.4 Å². The van der Waals surface area contributed by atoms with Crippen molar-refractivity contribution in [3.63, 3.8) is 0 Å². The second-order valence-electron chi connectivity index (χ2n) is 4.66. The monoisotopic (exact) mass is 323 g/mol. The van der Waals surface area contributed by atoms with Crippen LogP contribution in [0.15, 0.2) is 6.07 Å². The predicted octanol–water partition coefficient (Wildman–Crippen LogP) is 0.674. The van der Waals surface area contributed by atoms with Crippen LogP contribution in [0.5, 0.6) is 0 Å². The maximum Gasteiger partial charge on any atom is 0.451 e. The van der Waals surface area contributed by atoms with Crippen molar-refractivity contribution in [1.82, 2.24) is 14.9 Å². The molecule has 2 heterocycles. The minimum atomic E-state index is -4.74. The molecule has 0 aromatic carbocycles. The van der Waals surface area contributed by atoms with Crippen molar-refractivity contribution in [2.75, 3.05) is 24.6 Å². The molecular weight excluding hydrogens is 311 g/mol. The highest BCUT2D eigenvalue weighted by Crippen LogP contribution is 2.26. The molecule has 0 N–H and O–H groups in total. The van der Waals surface area contributed by atoms with Crippen molar-refractivity contribution in [3.05, 3.63) is 23.3 Å². The molecule has 0 radical (unpaired) electrons. The SMILES string of the molecule is Cc1cc(C(=O)N2CCS(=O)(=O)CC2)nc(C(F)(F)F)n1. The molecule has 21 heavy (non-hydrogen) atoms. The standard InChI is InChI=1S/C11H12F3N3O3S/c1-7-6-8(16-10(15-7)11(12,13)14)9(18)17-2-4-21(19,20)5-3-17/h6H,2-5H2,1H3. The van der Waals surface area contributed by atoms with Gasteiger partial charge in [-0.3, -0.25) is 4.79 Å². The highest BCUT2D eigenvalue weighted by atomic mass is 32.2. The molecule has 0 spiro atoms. The third kappa shape index (κ3) is 3.69. The zero-order valence-electron chi connectivity index (χ0n) is 11.0. The van der Waals surface area contributed by atoms with Gasteiger partial charge in [-0.1, -0.05) is 0 Å². The lowest BCUT2D eigenvalue weighted by Crippen LogP contribution is -2.44. The van der Waals surface area contributed by atoms with E-state index >= 15 is 0 Å². The molecule has 1 amide bonds. The van der Waals surface area contributed by atoms with Crippen molar-refractivity contribution in [1.29, 1.82) is 0 Å². The quantitative estimate of drug-likeness (QED) is 0.759. The van der Waals surface area contributed by atoms with E-state index in [2.05, 4.69) is 9.97 Å². The van der Waals surface area contributed by atoms with Gasteiger partial charge in [0.05, 0.1) is 11.5 Å². The number of halogens is 3. The summed E-state index contributed by atoms with van der Waals surface area (Å²) in [6.45, 7) is 1.23. The van der Waals surface area contributed by atoms with Gasteiger partial charge in [0.2, 0.25) is 5.82 Å². The Morgan fingerprint density at radius 3 is 2.33 bits per heavy atom. The molecule has 0 aliphatic carbocycles. The molecule has 10 heteroatoms. The van der Waals surface area contributed by atoms with E-state index in [0.29, 0.717) is 0 Å². The Hall–Kier alpha value is -1.71. The van der Waals surface area contributed by atoms with Crippen LogP contribution in [0.1, 0.15) is 22.0 Å². The van der Waals surface area contributed by atoms with Gasteiger partial charge in [-0.05, 0) is 13.0 Å². The second-order valence-corrected chi connectivity index (χ2v) is 6.96. The number of sulfone groups is 1. The number of carbonyl (C=O) groups is 1. The summed E-state index contributed by atoms with van der Waals surface area (Å²) in [7, 11) is -3.18. The molecule has 1 aliphatic heterocycles. The van der Waals surface area contributed by atoms with E-state index < -0.39 is 27.7 Å². The number of rotatable bonds is 1. The third-order valence-electron chi connectivity index (χ3n) is 2.96. The summed E-state index contributed by atoms with van der Waals surface area (Å²) in [6.07, 6.45) is -4.74. The van der Waals surface area contributed by atoms with Crippen LogP contribution in [0.3, 0.4) is 0 Å². The molecule has 0 atom stereocenters. The van der Waals surface area contributed by atoms with Crippen LogP contribution >= 0.6 is 0 Å². The number of amides is 1. The smallest absolute Gasteiger partial charge is 0.335 e. The molecular formula is C11H12F3N3O3S. The fourth-order valence-corrected chi connectivity index (χ4v) is 3.08. The molecule has 0 unspecified atom stereocenters. The van der Waals surface area contributed by atoms with E-state index in [-0.39, 0.29) is 36.0 Å². The lowest BCUT2D eigenvalue weighted by Gasteiger charge is -2.26. The first kappa shape index (κ1) is 15.7. The van der Waals surface area contributed by atoms with Gasteiger partial charge >= 0.3 is 6.18 Å².